The van der Waals surface area contributed by atoms with Gasteiger partial charge in [-0.05, 0) is 11.5 Å². The highest BCUT2D eigenvalue weighted by Gasteiger charge is 2.24. The molecular weight excluding hydrogens is 310 g/mol. The Bertz CT molecular complexity index is 560. The maximum Gasteiger partial charge on any atom is 0.426 e. The predicted octanol–water partition coefficient (Wildman–Crippen LogP) is 1.49. The fourth-order valence-electron chi connectivity index (χ4n) is 2.00. The molecule has 3 amide bonds. The van der Waals surface area contributed by atoms with E-state index in [1.54, 1.807) is 0 Å². The number of carbonyl (C=O) groups excluding carboxylic acids is 3. The van der Waals surface area contributed by atoms with Crippen LogP contribution in [0.4, 0.5) is 4.79 Å². The predicted molar refractivity (Wildman–Crippen MR) is 89.8 cm³/mol. The van der Waals surface area contributed by atoms with Crippen molar-refractivity contribution in [3.8, 4) is 0 Å². The number of hydrazine groups is 1. The Kier molecular flexibility index (Phi) is 7.74. The molecule has 1 rings (SSSR count). The van der Waals surface area contributed by atoms with E-state index in [1.807, 2.05) is 44.2 Å². The average molecular weight is 335 g/mol. The summed E-state index contributed by atoms with van der Waals surface area (Å²) in [5.41, 5.74) is 3.25. The number of hydrogen-bond acceptors (Lipinski definition) is 4. The van der Waals surface area contributed by atoms with Crippen molar-refractivity contribution in [1.29, 1.82) is 0 Å². The Morgan fingerprint density at radius 2 is 1.79 bits per heavy atom. The lowest BCUT2D eigenvalue weighted by atomic mass is 10.1. The minimum atomic E-state index is -0.778. The number of hydrogen-bond donors (Lipinski definition) is 2. The second-order valence-electron chi connectivity index (χ2n) is 5.94. The van der Waals surface area contributed by atoms with Gasteiger partial charge in [-0.25, -0.2) is 10.2 Å². The van der Waals surface area contributed by atoms with Crippen LogP contribution in [0.2, 0.25) is 0 Å². The van der Waals surface area contributed by atoms with Gasteiger partial charge in [-0.2, -0.15) is 0 Å². The van der Waals surface area contributed by atoms with E-state index >= 15 is 0 Å². The zero-order valence-corrected chi connectivity index (χ0v) is 14.5. The van der Waals surface area contributed by atoms with Crippen LogP contribution in [0.5, 0.6) is 0 Å². The molecule has 0 aromatic heterocycles. The van der Waals surface area contributed by atoms with E-state index in [9.17, 15) is 14.4 Å². The maximum atomic E-state index is 12.5. The Balaban J connectivity index is 2.69. The van der Waals surface area contributed by atoms with Gasteiger partial charge in [-0.3, -0.25) is 14.6 Å². The summed E-state index contributed by atoms with van der Waals surface area (Å²) in [6.45, 7) is 5.42. The molecule has 0 saturated carbocycles. The van der Waals surface area contributed by atoms with Gasteiger partial charge in [0.2, 0.25) is 5.91 Å². The van der Waals surface area contributed by atoms with E-state index in [0.29, 0.717) is 6.42 Å². The largest absolute Gasteiger partial charge is 0.448 e. The van der Waals surface area contributed by atoms with Crippen LogP contribution in [0.3, 0.4) is 0 Å². The molecule has 1 aromatic carbocycles. The second-order valence-corrected chi connectivity index (χ2v) is 5.94. The van der Waals surface area contributed by atoms with Gasteiger partial charge in [0, 0.05) is 20.4 Å². The molecule has 0 aliphatic rings. The van der Waals surface area contributed by atoms with Crippen LogP contribution in [0.25, 0.3) is 0 Å². The van der Waals surface area contributed by atoms with Crippen molar-refractivity contribution >= 4 is 17.9 Å². The molecule has 1 atom stereocenters. The third-order valence-corrected chi connectivity index (χ3v) is 3.10. The van der Waals surface area contributed by atoms with Crippen molar-refractivity contribution < 1.29 is 19.1 Å². The molecule has 24 heavy (non-hydrogen) atoms. The van der Waals surface area contributed by atoms with Crippen LogP contribution >= 0.6 is 0 Å². The highest BCUT2D eigenvalue weighted by Crippen LogP contribution is 2.05. The molecular formula is C17H25N3O4. The Morgan fingerprint density at radius 3 is 2.33 bits per heavy atom. The van der Waals surface area contributed by atoms with Gasteiger partial charge in [-0.15, -0.1) is 0 Å². The SMILES string of the molecule is CC(=O)N[C@@H](Cc1ccccc1)C(=O)N(C)NC(=O)OCC(C)C. The van der Waals surface area contributed by atoms with Gasteiger partial charge >= 0.3 is 6.09 Å². The summed E-state index contributed by atoms with van der Waals surface area (Å²) in [7, 11) is 1.42. The first-order valence-corrected chi connectivity index (χ1v) is 7.81. The molecule has 0 fully saturated rings. The molecule has 0 unspecified atom stereocenters. The molecule has 0 aliphatic heterocycles. The van der Waals surface area contributed by atoms with Crippen LogP contribution < -0.4 is 10.7 Å². The summed E-state index contributed by atoms with van der Waals surface area (Å²) in [5, 5.41) is 3.64. The zero-order chi connectivity index (χ0) is 18.1. The van der Waals surface area contributed by atoms with Gasteiger partial charge in [0.15, 0.2) is 0 Å². The molecule has 2 N–H and O–H groups in total. The third-order valence-electron chi connectivity index (χ3n) is 3.10. The normalized spacial score (nSPS) is 11.5. The standard InChI is InChI=1S/C17H25N3O4/c1-12(2)11-24-17(23)19-20(4)16(22)15(18-13(3)21)10-14-8-6-5-7-9-14/h5-9,12,15H,10-11H2,1-4H3,(H,18,21)(H,19,23)/t15-/m0/s1. The molecule has 1 aromatic rings. The van der Waals surface area contributed by atoms with E-state index in [2.05, 4.69) is 10.7 Å². The Labute approximate surface area is 142 Å². The number of nitrogens with zero attached hydrogens (tertiary/aromatic N) is 1. The topological polar surface area (TPSA) is 87.7 Å². The molecule has 0 bridgehead atoms. The summed E-state index contributed by atoms with van der Waals surface area (Å²) in [6, 6.07) is 8.54. The Hall–Kier alpha value is -2.57. The average Bonchev–Trinajstić information content (AvgIpc) is 2.52. The van der Waals surface area contributed by atoms with E-state index in [1.165, 1.54) is 14.0 Å². The third kappa shape index (κ3) is 7.13. The van der Waals surface area contributed by atoms with Crippen LogP contribution in [-0.2, 0) is 20.7 Å². The molecule has 0 spiro atoms. The molecule has 0 heterocycles. The van der Waals surface area contributed by atoms with E-state index in [-0.39, 0.29) is 18.4 Å². The molecule has 0 saturated heterocycles. The van der Waals surface area contributed by atoms with Gasteiger partial charge < -0.3 is 10.1 Å². The monoisotopic (exact) mass is 335 g/mol. The molecule has 0 radical (unpaired) electrons. The van der Waals surface area contributed by atoms with Gasteiger partial charge in [0.05, 0.1) is 6.61 Å². The van der Waals surface area contributed by atoms with Crippen LogP contribution in [-0.4, -0.2) is 42.6 Å². The minimum Gasteiger partial charge on any atom is -0.448 e. The molecule has 7 nitrogen and oxygen atoms in total. The van der Waals surface area contributed by atoms with Gasteiger partial charge in [0.1, 0.15) is 6.04 Å². The highest BCUT2D eigenvalue weighted by atomic mass is 16.6. The van der Waals surface area contributed by atoms with Crippen LogP contribution in [0.15, 0.2) is 30.3 Å². The van der Waals surface area contributed by atoms with Gasteiger partial charge in [0.25, 0.3) is 5.91 Å². The lowest BCUT2D eigenvalue weighted by molar-refractivity contribution is -0.137. The maximum absolute atomic E-state index is 12.5. The number of nitrogens with one attached hydrogen (secondary N) is 2. The number of amides is 3. The van der Waals surface area contributed by atoms with Gasteiger partial charge in [-0.1, -0.05) is 44.2 Å². The first-order chi connectivity index (χ1) is 11.3. The van der Waals surface area contributed by atoms with Crippen LogP contribution in [0, 0.1) is 5.92 Å². The smallest absolute Gasteiger partial charge is 0.426 e. The molecule has 0 aliphatic carbocycles. The minimum absolute atomic E-state index is 0.196. The van der Waals surface area contributed by atoms with Crippen molar-refractivity contribution in [2.45, 2.75) is 33.2 Å². The number of benzene rings is 1. The summed E-state index contributed by atoms with van der Waals surface area (Å²) in [6.07, 6.45) is -0.382. The first-order valence-electron chi connectivity index (χ1n) is 7.81. The van der Waals surface area contributed by atoms with Crippen LogP contribution in [0.1, 0.15) is 26.3 Å². The lowest BCUT2D eigenvalue weighted by Crippen LogP contribution is -2.53. The summed E-state index contributed by atoms with van der Waals surface area (Å²) < 4.78 is 4.97. The zero-order valence-electron chi connectivity index (χ0n) is 14.5. The van der Waals surface area contributed by atoms with Crippen molar-refractivity contribution in [3.63, 3.8) is 0 Å². The van der Waals surface area contributed by atoms with E-state index in [0.717, 1.165) is 10.6 Å². The number of rotatable bonds is 6. The number of ether oxygens (including phenoxy) is 1. The Morgan fingerprint density at radius 1 is 1.17 bits per heavy atom. The number of likely N-dealkylation sites (N-methyl/N-ethyl adjacent to an activating group) is 1. The molecule has 7 heteroatoms. The fourth-order valence-corrected chi connectivity index (χ4v) is 2.00. The summed E-state index contributed by atoms with van der Waals surface area (Å²) in [5.74, 6) is -0.558. The number of carbonyl (C=O) groups is 3. The molecule has 132 valence electrons. The first kappa shape index (κ1) is 19.5. The van der Waals surface area contributed by atoms with E-state index < -0.39 is 18.0 Å². The second kappa shape index (κ2) is 9.54. The highest BCUT2D eigenvalue weighted by molar-refractivity contribution is 5.88. The summed E-state index contributed by atoms with van der Waals surface area (Å²) >= 11 is 0. The lowest BCUT2D eigenvalue weighted by Gasteiger charge is -2.24. The van der Waals surface area contributed by atoms with Crippen molar-refractivity contribution in [2.75, 3.05) is 13.7 Å². The van der Waals surface area contributed by atoms with Crippen molar-refractivity contribution in [2.24, 2.45) is 5.92 Å². The fraction of sp³-hybridized carbons (Fsp3) is 0.471. The summed E-state index contributed by atoms with van der Waals surface area (Å²) in [4.78, 5) is 35.5. The van der Waals surface area contributed by atoms with Crippen molar-refractivity contribution in [3.05, 3.63) is 35.9 Å². The van der Waals surface area contributed by atoms with Crippen molar-refractivity contribution in [1.82, 2.24) is 15.8 Å². The quantitative estimate of drug-likeness (QED) is 0.771. The van der Waals surface area contributed by atoms with E-state index in [4.69, 9.17) is 4.74 Å².